The van der Waals surface area contributed by atoms with Crippen LogP contribution < -0.4 is 4.74 Å². The molecule has 1 aliphatic carbocycles. The van der Waals surface area contributed by atoms with E-state index in [4.69, 9.17) is 9.84 Å². The lowest BCUT2D eigenvalue weighted by Gasteiger charge is -2.23. The summed E-state index contributed by atoms with van der Waals surface area (Å²) in [4.78, 5) is 0. The summed E-state index contributed by atoms with van der Waals surface area (Å²) >= 11 is 0. The second-order valence-corrected chi connectivity index (χ2v) is 4.61. The molecule has 0 radical (unpaired) electrons. The van der Waals surface area contributed by atoms with Gasteiger partial charge in [0.15, 0.2) is 11.6 Å². The van der Waals surface area contributed by atoms with Crippen LogP contribution in [0.1, 0.15) is 31.2 Å². The fourth-order valence-corrected chi connectivity index (χ4v) is 2.22. The zero-order valence-electron chi connectivity index (χ0n) is 9.66. The van der Waals surface area contributed by atoms with E-state index < -0.39 is 11.4 Å². The van der Waals surface area contributed by atoms with Crippen molar-refractivity contribution in [2.45, 2.75) is 37.9 Å². The van der Waals surface area contributed by atoms with Crippen molar-refractivity contribution >= 4 is 0 Å². The third-order valence-electron chi connectivity index (χ3n) is 3.24. The molecule has 0 amide bonds. The van der Waals surface area contributed by atoms with Crippen LogP contribution in [0.3, 0.4) is 0 Å². The van der Waals surface area contributed by atoms with Crippen LogP contribution in [0.25, 0.3) is 0 Å². The van der Waals surface area contributed by atoms with Gasteiger partial charge in [0.2, 0.25) is 0 Å². The Labute approximate surface area is 99.8 Å². The Morgan fingerprint density at radius 3 is 2.65 bits per heavy atom. The summed E-state index contributed by atoms with van der Waals surface area (Å²) in [6.45, 7) is -0.188. The molecule has 2 N–H and O–H groups in total. The minimum atomic E-state index is -0.838. The maximum atomic E-state index is 13.5. The third-order valence-corrected chi connectivity index (χ3v) is 3.24. The van der Waals surface area contributed by atoms with Gasteiger partial charge < -0.3 is 14.9 Å². The number of halogens is 1. The molecule has 94 valence electrons. The Balaban J connectivity index is 2.08. The predicted octanol–water partition coefficient (Wildman–Crippen LogP) is 2.00. The van der Waals surface area contributed by atoms with E-state index in [0.717, 1.165) is 12.8 Å². The van der Waals surface area contributed by atoms with E-state index in [9.17, 15) is 9.50 Å². The maximum absolute atomic E-state index is 13.5. The van der Waals surface area contributed by atoms with Crippen LogP contribution in [-0.2, 0) is 6.61 Å². The number of para-hydroxylation sites is 1. The highest BCUT2D eigenvalue weighted by molar-refractivity contribution is 5.34. The molecule has 4 heteroatoms. The summed E-state index contributed by atoms with van der Waals surface area (Å²) in [5, 5.41) is 19.2. The zero-order valence-corrected chi connectivity index (χ0v) is 9.66. The topological polar surface area (TPSA) is 49.7 Å². The molecule has 1 aromatic carbocycles. The molecule has 0 spiro atoms. The number of aliphatic hydroxyl groups is 2. The van der Waals surface area contributed by atoms with E-state index in [1.54, 1.807) is 6.07 Å². The molecule has 1 aromatic rings. The van der Waals surface area contributed by atoms with Gasteiger partial charge in [0.25, 0.3) is 0 Å². The molecule has 0 aromatic heterocycles. The summed E-state index contributed by atoms with van der Waals surface area (Å²) in [7, 11) is 0. The fourth-order valence-electron chi connectivity index (χ4n) is 2.22. The van der Waals surface area contributed by atoms with Gasteiger partial charge in [-0.25, -0.2) is 4.39 Å². The van der Waals surface area contributed by atoms with Crippen LogP contribution in [-0.4, -0.2) is 22.4 Å². The molecular weight excluding hydrogens is 223 g/mol. The van der Waals surface area contributed by atoms with E-state index in [1.165, 1.54) is 12.1 Å². The van der Waals surface area contributed by atoms with E-state index in [-0.39, 0.29) is 19.0 Å². The highest BCUT2D eigenvalue weighted by Gasteiger charge is 2.32. The van der Waals surface area contributed by atoms with E-state index in [0.29, 0.717) is 18.4 Å². The van der Waals surface area contributed by atoms with Crippen molar-refractivity contribution in [2.75, 3.05) is 6.61 Å². The molecule has 17 heavy (non-hydrogen) atoms. The highest BCUT2D eigenvalue weighted by atomic mass is 19.1. The van der Waals surface area contributed by atoms with E-state index >= 15 is 0 Å². The van der Waals surface area contributed by atoms with Crippen LogP contribution in [0.5, 0.6) is 5.75 Å². The van der Waals surface area contributed by atoms with Gasteiger partial charge in [-0.3, -0.25) is 0 Å². The Bertz CT molecular complexity index is 386. The molecule has 0 aliphatic heterocycles. The minimum absolute atomic E-state index is 0.0512. The van der Waals surface area contributed by atoms with Crippen molar-refractivity contribution in [3.05, 3.63) is 29.6 Å². The van der Waals surface area contributed by atoms with Crippen molar-refractivity contribution in [1.29, 1.82) is 0 Å². The van der Waals surface area contributed by atoms with Gasteiger partial charge in [0.05, 0.1) is 12.2 Å². The second-order valence-electron chi connectivity index (χ2n) is 4.61. The van der Waals surface area contributed by atoms with Gasteiger partial charge >= 0.3 is 0 Å². The van der Waals surface area contributed by atoms with Gasteiger partial charge in [-0.05, 0) is 18.9 Å². The lowest BCUT2D eigenvalue weighted by Crippen LogP contribution is -2.32. The number of hydrogen-bond acceptors (Lipinski definition) is 3. The summed E-state index contributed by atoms with van der Waals surface area (Å²) < 4.78 is 18.9. The van der Waals surface area contributed by atoms with Gasteiger partial charge in [-0.2, -0.15) is 0 Å². The largest absolute Gasteiger partial charge is 0.487 e. The fraction of sp³-hybridized carbons (Fsp3) is 0.538. The molecule has 0 unspecified atom stereocenters. The summed E-state index contributed by atoms with van der Waals surface area (Å²) in [6.07, 6.45) is 3.33. The lowest BCUT2D eigenvalue weighted by atomic mass is 10.0. The summed E-state index contributed by atoms with van der Waals surface area (Å²) in [6, 6.07) is 4.42. The zero-order chi connectivity index (χ0) is 12.3. The molecule has 3 nitrogen and oxygen atoms in total. The first-order valence-corrected chi connectivity index (χ1v) is 5.88. The smallest absolute Gasteiger partial charge is 0.165 e. The Morgan fingerprint density at radius 2 is 2.00 bits per heavy atom. The number of aliphatic hydroxyl groups excluding tert-OH is 1. The van der Waals surface area contributed by atoms with Crippen molar-refractivity contribution in [3.63, 3.8) is 0 Å². The van der Waals surface area contributed by atoms with Crippen molar-refractivity contribution in [2.24, 2.45) is 0 Å². The first kappa shape index (κ1) is 12.3. The summed E-state index contributed by atoms with van der Waals surface area (Å²) in [5.74, 6) is -0.450. The molecular formula is C13H17FO3. The van der Waals surface area contributed by atoms with Crippen LogP contribution in [0, 0.1) is 5.82 Å². The predicted molar refractivity (Wildman–Crippen MR) is 61.2 cm³/mol. The molecule has 1 saturated carbocycles. The second kappa shape index (κ2) is 5.02. The normalized spacial score (nSPS) is 18.3. The molecule has 2 rings (SSSR count). The third kappa shape index (κ3) is 2.76. The standard InChI is InChI=1S/C13H17FO3/c14-11-5-3-4-10(8-15)12(11)17-9-13(16)6-1-2-7-13/h3-5,15-16H,1-2,6-9H2. The molecule has 0 heterocycles. The molecule has 0 saturated heterocycles. The van der Waals surface area contributed by atoms with Crippen LogP contribution >= 0.6 is 0 Å². The minimum Gasteiger partial charge on any atom is -0.487 e. The molecule has 0 bridgehead atoms. The SMILES string of the molecule is OCc1cccc(F)c1OCC1(O)CCCC1. The number of hydrogen-bond donors (Lipinski definition) is 2. The van der Waals surface area contributed by atoms with Crippen molar-refractivity contribution < 1.29 is 19.3 Å². The van der Waals surface area contributed by atoms with Crippen molar-refractivity contribution in [1.82, 2.24) is 0 Å². The Morgan fingerprint density at radius 1 is 1.29 bits per heavy atom. The quantitative estimate of drug-likeness (QED) is 0.846. The maximum Gasteiger partial charge on any atom is 0.165 e. The van der Waals surface area contributed by atoms with Crippen LogP contribution in [0.4, 0.5) is 4.39 Å². The monoisotopic (exact) mass is 240 g/mol. The Kier molecular flexibility index (Phi) is 3.64. The van der Waals surface area contributed by atoms with Gasteiger partial charge in [-0.1, -0.05) is 25.0 Å². The number of rotatable bonds is 4. The average Bonchev–Trinajstić information content (AvgIpc) is 2.75. The Hall–Kier alpha value is -1.13. The van der Waals surface area contributed by atoms with Gasteiger partial charge in [0, 0.05) is 5.56 Å². The highest BCUT2D eigenvalue weighted by Crippen LogP contribution is 2.31. The lowest BCUT2D eigenvalue weighted by molar-refractivity contribution is -0.000304. The molecule has 1 aliphatic rings. The van der Waals surface area contributed by atoms with E-state index in [1.807, 2.05) is 0 Å². The van der Waals surface area contributed by atoms with Gasteiger partial charge in [0.1, 0.15) is 6.61 Å². The number of ether oxygens (including phenoxy) is 1. The summed E-state index contributed by atoms with van der Waals surface area (Å²) in [5.41, 5.74) is -0.429. The van der Waals surface area contributed by atoms with Crippen LogP contribution in [0.15, 0.2) is 18.2 Å². The van der Waals surface area contributed by atoms with Gasteiger partial charge in [-0.15, -0.1) is 0 Å². The van der Waals surface area contributed by atoms with E-state index in [2.05, 4.69) is 0 Å². The van der Waals surface area contributed by atoms with Crippen LogP contribution in [0.2, 0.25) is 0 Å². The first-order valence-electron chi connectivity index (χ1n) is 5.88. The molecule has 0 atom stereocenters. The average molecular weight is 240 g/mol. The van der Waals surface area contributed by atoms with Crippen molar-refractivity contribution in [3.8, 4) is 5.75 Å². The molecule has 1 fully saturated rings. The number of benzene rings is 1. The first-order chi connectivity index (χ1) is 8.14.